The smallest absolute Gasteiger partial charge is 0.319 e. The molecule has 18 heavy (non-hydrogen) atoms. The molecule has 2 amide bonds. The Balaban J connectivity index is 1.77. The molecule has 1 unspecified atom stereocenters. The largest absolute Gasteiger partial charge is 0.374 e. The van der Waals surface area contributed by atoms with Crippen LogP contribution in [0.15, 0.2) is 0 Å². The summed E-state index contributed by atoms with van der Waals surface area (Å²) >= 11 is 0. The number of urea groups is 1. The monoisotopic (exact) mass is 255 g/mol. The van der Waals surface area contributed by atoms with Crippen LogP contribution in [0.2, 0.25) is 0 Å². The van der Waals surface area contributed by atoms with Gasteiger partial charge in [0, 0.05) is 39.8 Å². The summed E-state index contributed by atoms with van der Waals surface area (Å²) in [6.45, 7) is 7.23. The first kappa shape index (κ1) is 13.6. The summed E-state index contributed by atoms with van der Waals surface area (Å²) in [5.74, 6) is 0.755. The van der Waals surface area contributed by atoms with E-state index in [1.54, 1.807) is 4.90 Å². The molecule has 0 aromatic heterocycles. The highest BCUT2D eigenvalue weighted by molar-refractivity contribution is 5.74. The van der Waals surface area contributed by atoms with Gasteiger partial charge in [-0.1, -0.05) is 6.92 Å². The van der Waals surface area contributed by atoms with E-state index in [-0.39, 0.29) is 12.1 Å². The van der Waals surface area contributed by atoms with Crippen molar-refractivity contribution in [2.75, 3.05) is 46.4 Å². The summed E-state index contributed by atoms with van der Waals surface area (Å²) in [4.78, 5) is 16.0. The molecule has 0 radical (unpaired) electrons. The minimum Gasteiger partial charge on any atom is -0.374 e. The number of morpholine rings is 1. The van der Waals surface area contributed by atoms with Crippen molar-refractivity contribution >= 4 is 6.03 Å². The second kappa shape index (κ2) is 6.38. The van der Waals surface area contributed by atoms with E-state index >= 15 is 0 Å². The maximum Gasteiger partial charge on any atom is 0.319 e. The van der Waals surface area contributed by atoms with E-state index in [1.165, 1.54) is 0 Å². The van der Waals surface area contributed by atoms with Gasteiger partial charge in [-0.05, 0) is 18.8 Å². The number of hydrogen-bond donors (Lipinski definition) is 1. The lowest BCUT2D eigenvalue weighted by Crippen LogP contribution is -2.50. The predicted octanol–water partition coefficient (Wildman–Crippen LogP) is 0.759. The molecular formula is C13H25N3O2. The van der Waals surface area contributed by atoms with Crippen LogP contribution in [0.3, 0.4) is 0 Å². The van der Waals surface area contributed by atoms with Gasteiger partial charge < -0.3 is 19.9 Å². The Labute approximate surface area is 109 Å². The van der Waals surface area contributed by atoms with Crippen molar-refractivity contribution in [1.29, 1.82) is 0 Å². The second-order valence-electron chi connectivity index (χ2n) is 5.53. The molecule has 2 aliphatic rings. The average Bonchev–Trinajstić information content (AvgIpc) is 2.40. The molecule has 2 fully saturated rings. The summed E-state index contributed by atoms with van der Waals surface area (Å²) in [6, 6.07) is 0.149. The lowest BCUT2D eigenvalue weighted by Gasteiger charge is -2.35. The normalized spacial score (nSPS) is 26.1. The minimum absolute atomic E-state index is 0.136. The zero-order valence-corrected chi connectivity index (χ0v) is 11.5. The number of nitrogens with one attached hydrogen (secondary N) is 1. The number of amides is 2. The minimum atomic E-state index is 0.136. The highest BCUT2D eigenvalue weighted by Crippen LogP contribution is 2.17. The maximum atomic E-state index is 12.3. The summed E-state index contributed by atoms with van der Waals surface area (Å²) in [7, 11) is 1.87. The summed E-state index contributed by atoms with van der Waals surface area (Å²) in [5.41, 5.74) is 0. The van der Waals surface area contributed by atoms with E-state index in [0.29, 0.717) is 6.54 Å². The Kier molecular flexibility index (Phi) is 4.83. The summed E-state index contributed by atoms with van der Waals surface area (Å²) < 4.78 is 5.63. The zero-order chi connectivity index (χ0) is 13.0. The maximum absolute atomic E-state index is 12.3. The van der Waals surface area contributed by atoms with Crippen molar-refractivity contribution in [3.63, 3.8) is 0 Å². The third-order valence-electron chi connectivity index (χ3n) is 3.86. The van der Waals surface area contributed by atoms with Gasteiger partial charge in [0.2, 0.25) is 0 Å². The predicted molar refractivity (Wildman–Crippen MR) is 70.6 cm³/mol. The van der Waals surface area contributed by atoms with Crippen LogP contribution in [0.25, 0.3) is 0 Å². The molecule has 0 aromatic carbocycles. The van der Waals surface area contributed by atoms with Crippen LogP contribution in [-0.2, 0) is 4.74 Å². The number of ether oxygens (including phenoxy) is 1. The molecule has 1 N–H and O–H groups in total. The standard InChI is InChI=1S/C13H25N3O2/c1-11-3-6-16(7-4-11)13(17)15(2)10-12-9-14-5-8-18-12/h11-12,14H,3-10H2,1-2H3. The Morgan fingerprint density at radius 1 is 1.44 bits per heavy atom. The van der Waals surface area contributed by atoms with Crippen molar-refractivity contribution in [2.24, 2.45) is 5.92 Å². The first-order valence-corrected chi connectivity index (χ1v) is 6.99. The zero-order valence-electron chi connectivity index (χ0n) is 11.5. The lowest BCUT2D eigenvalue weighted by molar-refractivity contribution is 0.0123. The van der Waals surface area contributed by atoms with Crippen molar-refractivity contribution < 1.29 is 9.53 Å². The molecule has 0 aliphatic carbocycles. The number of likely N-dealkylation sites (N-methyl/N-ethyl adjacent to an activating group) is 1. The molecule has 2 saturated heterocycles. The Morgan fingerprint density at radius 2 is 2.17 bits per heavy atom. The lowest BCUT2D eigenvalue weighted by atomic mass is 10.00. The van der Waals surface area contributed by atoms with Crippen molar-refractivity contribution in [2.45, 2.75) is 25.9 Å². The fourth-order valence-electron chi connectivity index (χ4n) is 2.56. The van der Waals surface area contributed by atoms with Gasteiger partial charge in [-0.25, -0.2) is 4.79 Å². The first-order valence-electron chi connectivity index (χ1n) is 6.99. The van der Waals surface area contributed by atoms with Crippen molar-refractivity contribution in [3.8, 4) is 0 Å². The number of rotatable bonds is 2. The number of likely N-dealkylation sites (tertiary alicyclic amines) is 1. The number of carbonyl (C=O) groups is 1. The number of carbonyl (C=O) groups excluding carboxylic acids is 1. The summed E-state index contributed by atoms with van der Waals surface area (Å²) in [5, 5.41) is 3.29. The molecule has 5 nitrogen and oxygen atoms in total. The van der Waals surface area contributed by atoms with E-state index < -0.39 is 0 Å². The van der Waals surface area contributed by atoms with Gasteiger partial charge in [0.25, 0.3) is 0 Å². The molecule has 104 valence electrons. The van der Waals surface area contributed by atoms with Gasteiger partial charge in [0.15, 0.2) is 0 Å². The third-order valence-corrected chi connectivity index (χ3v) is 3.86. The van der Waals surface area contributed by atoms with Crippen LogP contribution >= 0.6 is 0 Å². The van der Waals surface area contributed by atoms with E-state index in [4.69, 9.17) is 4.74 Å². The van der Waals surface area contributed by atoms with Crippen LogP contribution in [-0.4, -0.2) is 68.3 Å². The second-order valence-corrected chi connectivity index (χ2v) is 5.53. The number of piperidine rings is 1. The fraction of sp³-hybridized carbons (Fsp3) is 0.923. The molecule has 0 spiro atoms. The van der Waals surface area contributed by atoms with Crippen molar-refractivity contribution in [3.05, 3.63) is 0 Å². The van der Waals surface area contributed by atoms with Crippen LogP contribution in [0.1, 0.15) is 19.8 Å². The van der Waals surface area contributed by atoms with Gasteiger partial charge in [-0.15, -0.1) is 0 Å². The third kappa shape index (κ3) is 3.59. The quantitative estimate of drug-likeness (QED) is 0.792. The fourth-order valence-corrected chi connectivity index (χ4v) is 2.56. The van der Waals surface area contributed by atoms with E-state index in [1.807, 2.05) is 11.9 Å². The van der Waals surface area contributed by atoms with Gasteiger partial charge in [0.1, 0.15) is 0 Å². The first-order chi connectivity index (χ1) is 8.66. The summed E-state index contributed by atoms with van der Waals surface area (Å²) in [6.07, 6.45) is 2.39. The van der Waals surface area contributed by atoms with Gasteiger partial charge >= 0.3 is 6.03 Å². The topological polar surface area (TPSA) is 44.8 Å². The van der Waals surface area contributed by atoms with Crippen LogP contribution in [0, 0.1) is 5.92 Å². The Bertz CT molecular complexity index is 271. The molecule has 2 heterocycles. The SMILES string of the molecule is CC1CCN(C(=O)N(C)CC2CNCCO2)CC1. The average molecular weight is 255 g/mol. The highest BCUT2D eigenvalue weighted by Gasteiger charge is 2.25. The van der Waals surface area contributed by atoms with E-state index in [2.05, 4.69) is 12.2 Å². The van der Waals surface area contributed by atoms with Crippen LogP contribution in [0.5, 0.6) is 0 Å². The Hall–Kier alpha value is -0.810. The molecule has 5 heteroatoms. The molecule has 0 aromatic rings. The van der Waals surface area contributed by atoms with Crippen molar-refractivity contribution in [1.82, 2.24) is 15.1 Å². The van der Waals surface area contributed by atoms with E-state index in [9.17, 15) is 4.79 Å². The Morgan fingerprint density at radius 3 is 2.78 bits per heavy atom. The molecule has 2 aliphatic heterocycles. The molecule has 2 rings (SSSR count). The molecule has 0 bridgehead atoms. The molecular weight excluding hydrogens is 230 g/mol. The van der Waals surface area contributed by atoms with Gasteiger partial charge in [-0.3, -0.25) is 0 Å². The van der Waals surface area contributed by atoms with Gasteiger partial charge in [0.05, 0.1) is 12.7 Å². The van der Waals surface area contributed by atoms with Gasteiger partial charge in [-0.2, -0.15) is 0 Å². The highest BCUT2D eigenvalue weighted by atomic mass is 16.5. The number of nitrogens with zero attached hydrogens (tertiary/aromatic N) is 2. The molecule has 1 atom stereocenters. The van der Waals surface area contributed by atoms with Crippen LogP contribution < -0.4 is 5.32 Å². The number of hydrogen-bond acceptors (Lipinski definition) is 3. The molecule has 0 saturated carbocycles. The van der Waals surface area contributed by atoms with E-state index in [0.717, 1.165) is 51.5 Å². The van der Waals surface area contributed by atoms with Crippen LogP contribution in [0.4, 0.5) is 4.79 Å².